The summed E-state index contributed by atoms with van der Waals surface area (Å²) in [6, 6.07) is 6.39. The van der Waals surface area contributed by atoms with Crippen LogP contribution >= 0.6 is 15.9 Å². The molecule has 0 spiro atoms. The van der Waals surface area contributed by atoms with Crippen LogP contribution < -0.4 is 10.1 Å². The number of hydrogen-bond donors (Lipinski definition) is 1. The highest BCUT2D eigenvalue weighted by Crippen LogP contribution is 2.66. The average molecular weight is 406 g/mol. The van der Waals surface area contributed by atoms with E-state index in [1.54, 1.807) is 0 Å². The largest absolute Gasteiger partial charge is 0.491 e. The Morgan fingerprint density at radius 2 is 1.80 bits per heavy atom. The Kier molecular flexibility index (Phi) is 4.28. The van der Waals surface area contributed by atoms with Crippen molar-refractivity contribution in [3.63, 3.8) is 0 Å². The van der Waals surface area contributed by atoms with Crippen molar-refractivity contribution < 1.29 is 4.74 Å². The highest BCUT2D eigenvalue weighted by molar-refractivity contribution is 9.10. The number of rotatable bonds is 5. The first-order valence-electron chi connectivity index (χ1n) is 9.89. The van der Waals surface area contributed by atoms with Crippen molar-refractivity contribution in [2.45, 2.75) is 84.4 Å². The van der Waals surface area contributed by atoms with Gasteiger partial charge in [-0.3, -0.25) is 0 Å². The topological polar surface area (TPSA) is 21.3 Å². The number of ether oxygens (including phenoxy) is 1. The van der Waals surface area contributed by atoms with Crippen LogP contribution in [0.5, 0.6) is 5.75 Å². The summed E-state index contributed by atoms with van der Waals surface area (Å²) in [5, 5.41) is 4.03. The van der Waals surface area contributed by atoms with Gasteiger partial charge in [0.05, 0.1) is 6.10 Å². The van der Waals surface area contributed by atoms with E-state index in [9.17, 15) is 0 Å². The maximum Gasteiger partial charge on any atom is 0.124 e. The Labute approximate surface area is 161 Å². The van der Waals surface area contributed by atoms with Gasteiger partial charge in [0.2, 0.25) is 0 Å². The minimum Gasteiger partial charge on any atom is -0.491 e. The molecular formula is C22H32BrNO. The molecule has 1 aromatic rings. The molecule has 4 aliphatic carbocycles. The maximum absolute atomic E-state index is 6.05. The Morgan fingerprint density at radius 1 is 1.12 bits per heavy atom. The Bertz CT molecular complexity index is 652. The fourth-order valence-electron chi connectivity index (χ4n) is 6.98. The molecule has 4 fully saturated rings. The standard InChI is InChI=1S/C22H32BrNO/c1-15(2)25-19-6-5-18(23)7-17(19)11-24-22-10-16-8-20(3,13-22)12-21(4,9-16)14-22/h5-7,15-16,24H,8-14H2,1-4H3/t16?,20-,21+,22?. The predicted octanol–water partition coefficient (Wildman–Crippen LogP) is 6.07. The summed E-state index contributed by atoms with van der Waals surface area (Å²) >= 11 is 3.63. The Hall–Kier alpha value is -0.540. The first-order valence-corrected chi connectivity index (χ1v) is 10.7. The number of hydrogen-bond acceptors (Lipinski definition) is 2. The number of nitrogens with one attached hydrogen (secondary N) is 1. The lowest BCUT2D eigenvalue weighted by Crippen LogP contribution is -2.63. The normalized spacial score (nSPS) is 39.2. The molecule has 0 amide bonds. The fraction of sp³-hybridized carbons (Fsp3) is 0.727. The van der Waals surface area contributed by atoms with Crippen LogP contribution in [0.3, 0.4) is 0 Å². The van der Waals surface area contributed by atoms with Crippen molar-refractivity contribution in [2.75, 3.05) is 0 Å². The fourth-order valence-corrected chi connectivity index (χ4v) is 7.39. The van der Waals surface area contributed by atoms with Crippen molar-refractivity contribution in [2.24, 2.45) is 16.7 Å². The van der Waals surface area contributed by atoms with E-state index >= 15 is 0 Å². The van der Waals surface area contributed by atoms with E-state index in [0.717, 1.165) is 22.7 Å². The van der Waals surface area contributed by atoms with Gasteiger partial charge in [0.25, 0.3) is 0 Å². The zero-order chi connectivity index (χ0) is 17.9. The van der Waals surface area contributed by atoms with E-state index in [1.165, 1.54) is 44.1 Å². The molecule has 2 nitrogen and oxygen atoms in total. The van der Waals surface area contributed by atoms with Crippen LogP contribution in [0.25, 0.3) is 0 Å². The van der Waals surface area contributed by atoms with Gasteiger partial charge < -0.3 is 10.1 Å². The first-order chi connectivity index (χ1) is 11.7. The highest BCUT2D eigenvalue weighted by Gasteiger charge is 2.59. The molecule has 1 N–H and O–H groups in total. The third-order valence-corrected chi connectivity index (χ3v) is 7.16. The molecule has 2 unspecified atom stereocenters. The molecule has 0 saturated heterocycles. The smallest absolute Gasteiger partial charge is 0.124 e. The van der Waals surface area contributed by atoms with E-state index in [1.807, 2.05) is 0 Å². The molecule has 25 heavy (non-hydrogen) atoms. The lowest BCUT2D eigenvalue weighted by atomic mass is 9.43. The lowest BCUT2D eigenvalue weighted by Gasteiger charge is -2.65. The monoisotopic (exact) mass is 405 g/mol. The second-order valence-corrected chi connectivity index (χ2v) is 11.1. The van der Waals surface area contributed by atoms with Crippen LogP contribution in [0.4, 0.5) is 0 Å². The molecule has 0 aromatic heterocycles. The van der Waals surface area contributed by atoms with Crippen LogP contribution in [-0.2, 0) is 6.54 Å². The second-order valence-electron chi connectivity index (χ2n) is 10.2. The summed E-state index contributed by atoms with van der Waals surface area (Å²) in [4.78, 5) is 0. The van der Waals surface area contributed by atoms with Crippen molar-refractivity contribution in [1.29, 1.82) is 0 Å². The molecular weight excluding hydrogens is 374 g/mol. The molecule has 5 rings (SSSR count). The van der Waals surface area contributed by atoms with Crippen LogP contribution in [-0.4, -0.2) is 11.6 Å². The van der Waals surface area contributed by atoms with Gasteiger partial charge in [0.1, 0.15) is 5.75 Å². The van der Waals surface area contributed by atoms with Crippen molar-refractivity contribution in [1.82, 2.24) is 5.32 Å². The van der Waals surface area contributed by atoms with E-state index in [0.29, 0.717) is 16.4 Å². The Morgan fingerprint density at radius 3 is 2.40 bits per heavy atom. The SMILES string of the molecule is CC(C)Oc1ccc(Br)cc1CNC12CC3C[C@@](C)(C1)C[C@](C)(C3)C2. The van der Waals surface area contributed by atoms with Gasteiger partial charge in [0, 0.05) is 22.1 Å². The molecule has 3 heteroatoms. The molecule has 1 aromatic carbocycles. The van der Waals surface area contributed by atoms with Crippen LogP contribution in [0, 0.1) is 16.7 Å². The highest BCUT2D eigenvalue weighted by atomic mass is 79.9. The van der Waals surface area contributed by atoms with Gasteiger partial charge >= 0.3 is 0 Å². The van der Waals surface area contributed by atoms with Gasteiger partial charge in [-0.2, -0.15) is 0 Å². The van der Waals surface area contributed by atoms with E-state index in [2.05, 4.69) is 67.1 Å². The van der Waals surface area contributed by atoms with Crippen molar-refractivity contribution >= 4 is 15.9 Å². The minimum absolute atomic E-state index is 0.206. The van der Waals surface area contributed by atoms with Crippen molar-refractivity contribution in [3.05, 3.63) is 28.2 Å². The molecule has 4 atom stereocenters. The minimum atomic E-state index is 0.206. The summed E-state index contributed by atoms with van der Waals surface area (Å²) in [6.45, 7) is 10.2. The average Bonchev–Trinajstić information content (AvgIpc) is 2.43. The molecule has 0 heterocycles. The van der Waals surface area contributed by atoms with Crippen LogP contribution in [0.1, 0.15) is 71.8 Å². The quantitative estimate of drug-likeness (QED) is 0.640. The van der Waals surface area contributed by atoms with Gasteiger partial charge in [-0.05, 0) is 87.3 Å². The number of benzene rings is 1. The molecule has 0 aliphatic heterocycles. The third kappa shape index (κ3) is 3.51. The summed E-state index contributed by atoms with van der Waals surface area (Å²) in [6.07, 6.45) is 8.60. The first kappa shape index (κ1) is 17.9. The van der Waals surface area contributed by atoms with Crippen LogP contribution in [0.2, 0.25) is 0 Å². The molecule has 4 saturated carbocycles. The van der Waals surface area contributed by atoms with Gasteiger partial charge in [0.15, 0.2) is 0 Å². The van der Waals surface area contributed by atoms with Crippen LogP contribution in [0.15, 0.2) is 22.7 Å². The third-order valence-electron chi connectivity index (χ3n) is 6.67. The molecule has 0 radical (unpaired) electrons. The van der Waals surface area contributed by atoms with E-state index in [4.69, 9.17) is 4.74 Å². The summed E-state index contributed by atoms with van der Waals surface area (Å²) in [5.41, 5.74) is 2.71. The number of halogens is 1. The zero-order valence-corrected chi connectivity index (χ0v) is 17.7. The molecule has 4 aliphatic rings. The summed E-state index contributed by atoms with van der Waals surface area (Å²) in [7, 11) is 0. The van der Waals surface area contributed by atoms with Gasteiger partial charge in [-0.1, -0.05) is 29.8 Å². The second kappa shape index (κ2) is 5.99. The summed E-state index contributed by atoms with van der Waals surface area (Å²) in [5.74, 6) is 1.94. The molecule has 138 valence electrons. The zero-order valence-electron chi connectivity index (χ0n) is 16.1. The van der Waals surface area contributed by atoms with Crippen molar-refractivity contribution in [3.8, 4) is 5.75 Å². The predicted molar refractivity (Wildman–Crippen MR) is 107 cm³/mol. The summed E-state index contributed by atoms with van der Waals surface area (Å²) < 4.78 is 7.18. The van der Waals surface area contributed by atoms with E-state index < -0.39 is 0 Å². The Balaban J connectivity index is 1.55. The maximum atomic E-state index is 6.05. The lowest BCUT2D eigenvalue weighted by molar-refractivity contribution is -0.118. The van der Waals surface area contributed by atoms with Gasteiger partial charge in [-0.15, -0.1) is 0 Å². The van der Waals surface area contributed by atoms with E-state index in [-0.39, 0.29) is 6.10 Å². The van der Waals surface area contributed by atoms with Gasteiger partial charge in [-0.25, -0.2) is 0 Å². The molecule has 4 bridgehead atoms.